The van der Waals surface area contributed by atoms with Crippen LogP contribution in [0.5, 0.6) is 0 Å². The molecule has 26 heavy (non-hydrogen) atoms. The number of aliphatic hydroxyl groups is 1. The molecule has 0 saturated carbocycles. The molecule has 4 rings (SSSR count). The van der Waals surface area contributed by atoms with Gasteiger partial charge in [-0.2, -0.15) is 9.40 Å². The third kappa shape index (κ3) is 2.41. The highest BCUT2D eigenvalue weighted by Gasteiger charge is 2.30. The summed E-state index contributed by atoms with van der Waals surface area (Å²) in [5.41, 5.74) is 2.33. The first kappa shape index (κ1) is 17.0. The fraction of sp³-hybridized carbons (Fsp3) is 0.375. The Bertz CT molecular complexity index is 1170. The van der Waals surface area contributed by atoms with E-state index < -0.39 is 10.0 Å². The monoisotopic (exact) mass is 377 g/mol. The number of hydrogen-bond donors (Lipinski definition) is 1. The van der Waals surface area contributed by atoms with Gasteiger partial charge in [-0.15, -0.1) is 0 Å². The minimum atomic E-state index is -3.71. The van der Waals surface area contributed by atoms with Gasteiger partial charge < -0.3 is 5.11 Å². The van der Waals surface area contributed by atoms with Crippen molar-refractivity contribution in [3.63, 3.8) is 0 Å². The molecule has 1 aliphatic heterocycles. The maximum atomic E-state index is 13.1. The molecular weight excluding hydrogens is 358 g/mol. The molecule has 1 N–H and O–H groups in total. The number of hydrogen-bond acceptors (Lipinski definition) is 5. The highest BCUT2D eigenvalue weighted by molar-refractivity contribution is 7.89. The molecule has 0 aliphatic carbocycles. The first-order valence-corrected chi connectivity index (χ1v) is 9.59. The average Bonchev–Trinajstić information content (AvgIpc) is 3.16. The molecule has 0 unspecified atom stereocenters. The summed E-state index contributed by atoms with van der Waals surface area (Å²) < 4.78 is 32.2. The molecule has 9 nitrogen and oxygen atoms in total. The zero-order valence-electron chi connectivity index (χ0n) is 14.5. The fourth-order valence-electron chi connectivity index (χ4n) is 3.38. The van der Waals surface area contributed by atoms with Gasteiger partial charge in [-0.1, -0.05) is 0 Å². The molecule has 0 saturated heterocycles. The highest BCUT2D eigenvalue weighted by atomic mass is 32.2. The number of benzene rings is 1. The van der Waals surface area contributed by atoms with E-state index in [0.29, 0.717) is 29.8 Å². The molecule has 0 bridgehead atoms. The average molecular weight is 377 g/mol. The Labute approximate surface area is 149 Å². The molecule has 0 radical (unpaired) electrons. The quantitative estimate of drug-likeness (QED) is 0.679. The van der Waals surface area contributed by atoms with Crippen LogP contribution in [0, 0.1) is 0 Å². The molecule has 3 aromatic rings. The van der Waals surface area contributed by atoms with Crippen LogP contribution in [-0.2, 0) is 43.8 Å². The highest BCUT2D eigenvalue weighted by Crippen LogP contribution is 2.24. The zero-order chi connectivity index (χ0) is 18.6. The molecule has 0 atom stereocenters. The molecule has 0 fully saturated rings. The van der Waals surface area contributed by atoms with Crippen LogP contribution in [0.2, 0.25) is 0 Å². The first-order valence-electron chi connectivity index (χ1n) is 8.15. The number of aromatic nitrogens is 4. The fourth-order valence-corrected chi connectivity index (χ4v) is 4.80. The maximum Gasteiger partial charge on any atom is 0.328 e. The predicted octanol–water partition coefficient (Wildman–Crippen LogP) is -0.230. The van der Waals surface area contributed by atoms with Gasteiger partial charge in [-0.25, -0.2) is 13.2 Å². The molecular formula is C16H19N5O4S. The van der Waals surface area contributed by atoms with Gasteiger partial charge in [0.15, 0.2) is 0 Å². The van der Waals surface area contributed by atoms with E-state index in [2.05, 4.69) is 5.10 Å². The van der Waals surface area contributed by atoms with E-state index in [9.17, 15) is 18.3 Å². The lowest BCUT2D eigenvalue weighted by Crippen LogP contribution is -2.38. The van der Waals surface area contributed by atoms with Gasteiger partial charge >= 0.3 is 5.69 Å². The molecule has 0 spiro atoms. The Morgan fingerprint density at radius 3 is 2.58 bits per heavy atom. The smallest absolute Gasteiger partial charge is 0.328 e. The van der Waals surface area contributed by atoms with Crippen molar-refractivity contribution in [1.82, 2.24) is 23.2 Å². The topological polar surface area (TPSA) is 102 Å². The van der Waals surface area contributed by atoms with Crippen LogP contribution in [0.1, 0.15) is 11.4 Å². The molecule has 1 aromatic carbocycles. The standard InChI is InChI=1S/C16H19N5O4S/c1-18-14-4-3-13(8-15(14)19(2)16(18)23)26(24,25)20-5-6-21-12(9-20)7-11(10-22)17-21/h3-4,7-8,22H,5-6,9-10H2,1-2H3. The first-order chi connectivity index (χ1) is 12.3. The van der Waals surface area contributed by atoms with Gasteiger partial charge in [0.05, 0.1) is 47.0 Å². The van der Waals surface area contributed by atoms with Gasteiger partial charge in [0, 0.05) is 20.6 Å². The van der Waals surface area contributed by atoms with Crippen LogP contribution in [0.15, 0.2) is 34.0 Å². The third-order valence-electron chi connectivity index (χ3n) is 4.86. The van der Waals surface area contributed by atoms with Gasteiger partial charge in [0.2, 0.25) is 10.0 Å². The predicted molar refractivity (Wildman–Crippen MR) is 93.9 cm³/mol. The van der Waals surface area contributed by atoms with E-state index in [1.54, 1.807) is 30.9 Å². The molecule has 3 heterocycles. The van der Waals surface area contributed by atoms with Gasteiger partial charge in [-0.05, 0) is 24.3 Å². The van der Waals surface area contributed by atoms with E-state index in [-0.39, 0.29) is 23.7 Å². The lowest BCUT2D eigenvalue weighted by Gasteiger charge is -2.27. The SMILES string of the molecule is Cn1c(=O)n(C)c2cc(S(=O)(=O)N3CCn4nc(CO)cc4C3)ccc21. The lowest BCUT2D eigenvalue weighted by molar-refractivity contribution is 0.273. The molecule has 1 aliphatic rings. The van der Waals surface area contributed by atoms with E-state index >= 15 is 0 Å². The summed E-state index contributed by atoms with van der Waals surface area (Å²) in [7, 11) is -0.431. The Kier molecular flexibility index (Phi) is 3.79. The molecule has 2 aromatic heterocycles. The number of aliphatic hydroxyl groups excluding tert-OH is 1. The Morgan fingerprint density at radius 1 is 1.12 bits per heavy atom. The second-order valence-corrected chi connectivity index (χ2v) is 8.34. The van der Waals surface area contributed by atoms with Crippen LogP contribution < -0.4 is 5.69 Å². The van der Waals surface area contributed by atoms with Crippen molar-refractivity contribution in [2.45, 2.75) is 24.6 Å². The van der Waals surface area contributed by atoms with E-state index in [1.807, 2.05) is 0 Å². The van der Waals surface area contributed by atoms with Crippen molar-refractivity contribution >= 4 is 21.1 Å². The zero-order valence-corrected chi connectivity index (χ0v) is 15.3. The summed E-state index contributed by atoms with van der Waals surface area (Å²) in [5.74, 6) is 0. The largest absolute Gasteiger partial charge is 0.390 e. The number of aryl methyl sites for hydroxylation is 2. The number of fused-ring (bicyclic) bond motifs is 2. The van der Waals surface area contributed by atoms with Crippen LogP contribution >= 0.6 is 0 Å². The van der Waals surface area contributed by atoms with Crippen LogP contribution in [0.3, 0.4) is 0 Å². The molecule has 138 valence electrons. The maximum absolute atomic E-state index is 13.1. The Balaban J connectivity index is 1.74. The number of rotatable bonds is 3. The van der Waals surface area contributed by atoms with E-state index in [4.69, 9.17) is 0 Å². The van der Waals surface area contributed by atoms with Gasteiger partial charge in [0.1, 0.15) is 0 Å². The van der Waals surface area contributed by atoms with Crippen molar-refractivity contribution < 1.29 is 13.5 Å². The normalized spacial score (nSPS) is 15.5. The summed E-state index contributed by atoms with van der Waals surface area (Å²) in [6, 6.07) is 6.44. The molecule has 0 amide bonds. The van der Waals surface area contributed by atoms with Crippen LogP contribution in [-0.4, -0.2) is 43.3 Å². The summed E-state index contributed by atoms with van der Waals surface area (Å²) in [4.78, 5) is 12.2. The Morgan fingerprint density at radius 2 is 1.85 bits per heavy atom. The summed E-state index contributed by atoms with van der Waals surface area (Å²) in [6.07, 6.45) is 0. The second kappa shape index (κ2) is 5.79. The summed E-state index contributed by atoms with van der Waals surface area (Å²) in [5, 5.41) is 13.4. The summed E-state index contributed by atoms with van der Waals surface area (Å²) in [6.45, 7) is 0.751. The third-order valence-corrected chi connectivity index (χ3v) is 6.70. The lowest BCUT2D eigenvalue weighted by atomic mass is 10.3. The van der Waals surface area contributed by atoms with E-state index in [0.717, 1.165) is 5.69 Å². The second-order valence-electron chi connectivity index (χ2n) is 6.40. The van der Waals surface area contributed by atoms with Gasteiger partial charge in [0.25, 0.3) is 0 Å². The van der Waals surface area contributed by atoms with Crippen LogP contribution in [0.4, 0.5) is 0 Å². The van der Waals surface area contributed by atoms with Crippen molar-refractivity contribution in [2.24, 2.45) is 14.1 Å². The number of imidazole rings is 1. The molecule has 10 heteroatoms. The van der Waals surface area contributed by atoms with Crippen molar-refractivity contribution in [3.05, 3.63) is 46.1 Å². The number of nitrogens with zero attached hydrogens (tertiary/aromatic N) is 5. The number of sulfonamides is 1. The minimum Gasteiger partial charge on any atom is -0.390 e. The van der Waals surface area contributed by atoms with Crippen molar-refractivity contribution in [2.75, 3.05) is 6.54 Å². The van der Waals surface area contributed by atoms with Crippen molar-refractivity contribution in [3.8, 4) is 0 Å². The van der Waals surface area contributed by atoms with Crippen LogP contribution in [0.25, 0.3) is 11.0 Å². The summed E-state index contributed by atoms with van der Waals surface area (Å²) >= 11 is 0. The van der Waals surface area contributed by atoms with Gasteiger partial charge in [-0.3, -0.25) is 13.8 Å². The van der Waals surface area contributed by atoms with Crippen molar-refractivity contribution in [1.29, 1.82) is 0 Å². The minimum absolute atomic E-state index is 0.154. The van der Waals surface area contributed by atoms with E-state index in [1.165, 1.54) is 25.6 Å². The Hall–Kier alpha value is -2.43.